The van der Waals surface area contributed by atoms with Crippen LogP contribution in [-0.2, 0) is 4.79 Å². The van der Waals surface area contributed by atoms with Crippen molar-refractivity contribution in [2.45, 2.75) is 39.5 Å². The fourth-order valence-electron chi connectivity index (χ4n) is 2.50. The maximum absolute atomic E-state index is 11.7. The summed E-state index contributed by atoms with van der Waals surface area (Å²) in [7, 11) is 0. The minimum atomic E-state index is 0.225. The van der Waals surface area contributed by atoms with Crippen molar-refractivity contribution in [3.05, 3.63) is 0 Å². The van der Waals surface area contributed by atoms with Gasteiger partial charge in [0, 0.05) is 13.0 Å². The molecule has 0 aromatic carbocycles. The smallest absolute Gasteiger partial charge is 0.220 e. The van der Waals surface area contributed by atoms with Crippen molar-refractivity contribution in [2.24, 2.45) is 5.92 Å². The van der Waals surface area contributed by atoms with E-state index < -0.39 is 0 Å². The highest BCUT2D eigenvalue weighted by Crippen LogP contribution is 2.13. The maximum Gasteiger partial charge on any atom is 0.220 e. The van der Waals surface area contributed by atoms with Crippen molar-refractivity contribution in [3.8, 4) is 0 Å². The van der Waals surface area contributed by atoms with Crippen LogP contribution >= 0.6 is 0 Å². The van der Waals surface area contributed by atoms with E-state index in [0.29, 0.717) is 12.3 Å². The maximum atomic E-state index is 11.7. The predicted molar refractivity (Wildman–Crippen MR) is 75.6 cm³/mol. The summed E-state index contributed by atoms with van der Waals surface area (Å²) >= 11 is 0. The zero-order valence-corrected chi connectivity index (χ0v) is 12.0. The van der Waals surface area contributed by atoms with E-state index in [2.05, 4.69) is 29.4 Å². The molecule has 18 heavy (non-hydrogen) atoms. The van der Waals surface area contributed by atoms with Crippen molar-refractivity contribution in [2.75, 3.05) is 39.3 Å². The van der Waals surface area contributed by atoms with Gasteiger partial charge in [-0.15, -0.1) is 0 Å². The van der Waals surface area contributed by atoms with Crippen LogP contribution in [0.4, 0.5) is 0 Å². The molecule has 4 heteroatoms. The third-order valence-electron chi connectivity index (χ3n) is 3.74. The molecule has 1 aliphatic heterocycles. The van der Waals surface area contributed by atoms with Crippen LogP contribution in [-0.4, -0.2) is 50.1 Å². The van der Waals surface area contributed by atoms with Gasteiger partial charge in [0.05, 0.1) is 0 Å². The Morgan fingerprint density at radius 1 is 1.39 bits per heavy atom. The fourth-order valence-corrected chi connectivity index (χ4v) is 2.50. The molecule has 1 aliphatic rings. The lowest BCUT2D eigenvalue weighted by molar-refractivity contribution is -0.122. The number of carbonyl (C=O) groups excluding carboxylic acids is 1. The Morgan fingerprint density at radius 2 is 2.17 bits per heavy atom. The molecule has 1 saturated heterocycles. The highest BCUT2D eigenvalue weighted by Gasteiger charge is 2.16. The lowest BCUT2D eigenvalue weighted by atomic mass is 9.96. The molecule has 1 amide bonds. The first-order chi connectivity index (χ1) is 8.76. The van der Waals surface area contributed by atoms with Crippen LogP contribution in [0, 0.1) is 5.92 Å². The van der Waals surface area contributed by atoms with E-state index in [1.54, 1.807) is 0 Å². The molecule has 0 bridgehead atoms. The zero-order chi connectivity index (χ0) is 13.2. The van der Waals surface area contributed by atoms with Crippen LogP contribution in [0.5, 0.6) is 0 Å². The van der Waals surface area contributed by atoms with Crippen molar-refractivity contribution >= 4 is 5.91 Å². The highest BCUT2D eigenvalue weighted by atomic mass is 16.1. The summed E-state index contributed by atoms with van der Waals surface area (Å²) in [6.07, 6.45) is 4.15. The molecule has 1 fully saturated rings. The first-order valence-corrected chi connectivity index (χ1v) is 7.46. The molecule has 0 aromatic rings. The fraction of sp³-hybridized carbons (Fsp3) is 0.929. The summed E-state index contributed by atoms with van der Waals surface area (Å²) in [4.78, 5) is 14.1. The van der Waals surface area contributed by atoms with Crippen LogP contribution in [0.1, 0.15) is 39.5 Å². The topological polar surface area (TPSA) is 44.4 Å². The van der Waals surface area contributed by atoms with Gasteiger partial charge in [0.1, 0.15) is 0 Å². The van der Waals surface area contributed by atoms with Gasteiger partial charge in [-0.3, -0.25) is 4.79 Å². The van der Waals surface area contributed by atoms with Crippen LogP contribution in [0.2, 0.25) is 0 Å². The van der Waals surface area contributed by atoms with Crippen molar-refractivity contribution in [1.82, 2.24) is 15.5 Å². The summed E-state index contributed by atoms with van der Waals surface area (Å²) in [6, 6.07) is 0. The van der Waals surface area contributed by atoms with E-state index in [9.17, 15) is 4.79 Å². The normalized spacial score (nSPS) is 20.1. The third-order valence-corrected chi connectivity index (χ3v) is 3.74. The van der Waals surface area contributed by atoms with Crippen LogP contribution in [0.3, 0.4) is 0 Å². The van der Waals surface area contributed by atoms with Gasteiger partial charge in [-0.1, -0.05) is 13.8 Å². The van der Waals surface area contributed by atoms with Crippen LogP contribution in [0.15, 0.2) is 0 Å². The summed E-state index contributed by atoms with van der Waals surface area (Å²) < 4.78 is 0. The lowest BCUT2D eigenvalue weighted by Gasteiger charge is -2.22. The molecule has 4 nitrogen and oxygen atoms in total. The Labute approximate surface area is 111 Å². The van der Waals surface area contributed by atoms with Crippen LogP contribution in [0.25, 0.3) is 0 Å². The number of hydrogen-bond acceptors (Lipinski definition) is 3. The molecule has 0 spiro atoms. The van der Waals surface area contributed by atoms with Gasteiger partial charge < -0.3 is 15.5 Å². The summed E-state index contributed by atoms with van der Waals surface area (Å²) in [6.45, 7) is 10.6. The van der Waals surface area contributed by atoms with Gasteiger partial charge in [-0.2, -0.15) is 0 Å². The second-order valence-corrected chi connectivity index (χ2v) is 5.15. The molecular weight excluding hydrogens is 226 g/mol. The minimum Gasteiger partial charge on any atom is -0.356 e. The second-order valence-electron chi connectivity index (χ2n) is 5.15. The van der Waals surface area contributed by atoms with E-state index in [-0.39, 0.29) is 5.91 Å². The molecule has 1 heterocycles. The Morgan fingerprint density at radius 3 is 2.78 bits per heavy atom. The SMILES string of the molecule is CCN(CC)CCCNC(=O)CC1CCCNC1. The quantitative estimate of drug-likeness (QED) is 0.641. The second kappa shape index (κ2) is 9.34. The summed E-state index contributed by atoms with van der Waals surface area (Å²) in [5.41, 5.74) is 0. The molecule has 0 aliphatic carbocycles. The lowest BCUT2D eigenvalue weighted by Crippen LogP contribution is -2.35. The number of nitrogens with one attached hydrogen (secondary N) is 2. The number of nitrogens with zero attached hydrogens (tertiary/aromatic N) is 1. The number of hydrogen-bond donors (Lipinski definition) is 2. The first kappa shape index (κ1) is 15.4. The Hall–Kier alpha value is -0.610. The van der Waals surface area contributed by atoms with Crippen molar-refractivity contribution in [1.29, 1.82) is 0 Å². The van der Waals surface area contributed by atoms with Crippen LogP contribution < -0.4 is 10.6 Å². The van der Waals surface area contributed by atoms with Gasteiger partial charge in [-0.05, 0) is 57.9 Å². The summed E-state index contributed by atoms with van der Waals surface area (Å²) in [5, 5.41) is 6.39. The van der Waals surface area contributed by atoms with Gasteiger partial charge >= 0.3 is 0 Å². The molecule has 1 atom stereocenters. The van der Waals surface area contributed by atoms with E-state index in [1.165, 1.54) is 12.8 Å². The van der Waals surface area contributed by atoms with E-state index in [4.69, 9.17) is 0 Å². The highest BCUT2D eigenvalue weighted by molar-refractivity contribution is 5.76. The monoisotopic (exact) mass is 255 g/mol. The Bertz CT molecular complexity index is 223. The van der Waals surface area contributed by atoms with Crippen molar-refractivity contribution < 1.29 is 4.79 Å². The first-order valence-electron chi connectivity index (χ1n) is 7.46. The molecule has 0 aromatic heterocycles. The van der Waals surface area contributed by atoms with Gasteiger partial charge in [-0.25, -0.2) is 0 Å². The average molecular weight is 255 g/mol. The Balaban J connectivity index is 2.02. The molecule has 1 unspecified atom stereocenters. The van der Waals surface area contributed by atoms with Gasteiger partial charge in [0.25, 0.3) is 0 Å². The van der Waals surface area contributed by atoms with Gasteiger partial charge in [0.15, 0.2) is 0 Å². The molecule has 1 rings (SSSR count). The number of rotatable bonds is 8. The number of amides is 1. The zero-order valence-electron chi connectivity index (χ0n) is 12.0. The van der Waals surface area contributed by atoms with E-state index in [0.717, 1.165) is 45.7 Å². The van der Waals surface area contributed by atoms with E-state index >= 15 is 0 Å². The number of carbonyl (C=O) groups is 1. The molecule has 2 N–H and O–H groups in total. The van der Waals surface area contributed by atoms with Gasteiger partial charge in [0.2, 0.25) is 5.91 Å². The molecular formula is C14H29N3O. The predicted octanol–water partition coefficient (Wildman–Crippen LogP) is 1.22. The minimum absolute atomic E-state index is 0.225. The molecule has 0 radical (unpaired) electrons. The summed E-state index contributed by atoms with van der Waals surface area (Å²) in [5.74, 6) is 0.768. The molecule has 0 saturated carbocycles. The van der Waals surface area contributed by atoms with E-state index in [1.807, 2.05) is 0 Å². The Kier molecular flexibility index (Phi) is 8.01. The van der Waals surface area contributed by atoms with Crippen molar-refractivity contribution in [3.63, 3.8) is 0 Å². The molecule has 106 valence electrons. The number of piperidine rings is 1. The largest absolute Gasteiger partial charge is 0.356 e. The third kappa shape index (κ3) is 6.36. The average Bonchev–Trinajstić information content (AvgIpc) is 2.40. The standard InChI is InChI=1S/C14H29N3O/c1-3-17(4-2)10-6-9-16-14(18)11-13-7-5-8-15-12-13/h13,15H,3-12H2,1-2H3,(H,16,18).